The number of hydrogen-bond donors (Lipinski definition) is 1. The van der Waals surface area contributed by atoms with Crippen LogP contribution in [-0.2, 0) is 12.7 Å². The van der Waals surface area contributed by atoms with Crippen molar-refractivity contribution < 1.29 is 13.2 Å². The van der Waals surface area contributed by atoms with Crippen LogP contribution in [0.15, 0.2) is 42.7 Å². The highest BCUT2D eigenvalue weighted by atomic mass is 19.4. The van der Waals surface area contributed by atoms with Crippen molar-refractivity contribution in [3.63, 3.8) is 0 Å². The maximum absolute atomic E-state index is 12.9. The van der Waals surface area contributed by atoms with Crippen molar-refractivity contribution >= 4 is 0 Å². The second-order valence-electron chi connectivity index (χ2n) is 3.83. The van der Waals surface area contributed by atoms with Crippen LogP contribution in [-0.4, -0.2) is 4.98 Å². The van der Waals surface area contributed by atoms with Gasteiger partial charge in [0.2, 0.25) is 0 Å². The normalized spacial score (nSPS) is 11.6. The molecule has 0 atom stereocenters. The van der Waals surface area contributed by atoms with Crippen molar-refractivity contribution in [3.05, 3.63) is 53.9 Å². The Morgan fingerprint density at radius 2 is 1.83 bits per heavy atom. The molecule has 0 unspecified atom stereocenters. The molecule has 1 aromatic heterocycles. The van der Waals surface area contributed by atoms with E-state index in [1.807, 2.05) is 0 Å². The molecule has 0 aliphatic heterocycles. The Labute approximate surface area is 102 Å². The molecule has 2 N–H and O–H groups in total. The third-order valence-electron chi connectivity index (χ3n) is 2.57. The molecule has 0 radical (unpaired) electrons. The van der Waals surface area contributed by atoms with E-state index < -0.39 is 11.7 Å². The molecule has 0 saturated carbocycles. The molecule has 0 amide bonds. The summed E-state index contributed by atoms with van der Waals surface area (Å²) < 4.78 is 38.6. The largest absolute Gasteiger partial charge is 0.417 e. The van der Waals surface area contributed by atoms with Crippen LogP contribution >= 0.6 is 0 Å². The van der Waals surface area contributed by atoms with Gasteiger partial charge in [-0.1, -0.05) is 18.2 Å². The average Bonchev–Trinajstić information content (AvgIpc) is 2.38. The molecule has 2 rings (SSSR count). The molecular weight excluding hydrogens is 241 g/mol. The van der Waals surface area contributed by atoms with E-state index in [1.54, 1.807) is 18.3 Å². The molecule has 0 aliphatic rings. The second kappa shape index (κ2) is 4.78. The number of rotatable bonds is 2. The average molecular weight is 252 g/mol. The predicted molar refractivity (Wildman–Crippen MR) is 62.6 cm³/mol. The molecule has 18 heavy (non-hydrogen) atoms. The lowest BCUT2D eigenvalue weighted by Crippen LogP contribution is -2.07. The Balaban J connectivity index is 2.57. The minimum Gasteiger partial charge on any atom is -0.326 e. The van der Waals surface area contributed by atoms with Gasteiger partial charge in [-0.15, -0.1) is 0 Å². The van der Waals surface area contributed by atoms with Crippen molar-refractivity contribution in [2.24, 2.45) is 5.73 Å². The number of aromatic nitrogens is 1. The Morgan fingerprint density at radius 3 is 2.50 bits per heavy atom. The predicted octanol–water partition coefficient (Wildman–Crippen LogP) is 3.23. The third-order valence-corrected chi connectivity index (χ3v) is 2.57. The molecule has 0 saturated heterocycles. The Bertz CT molecular complexity index is 550. The van der Waals surface area contributed by atoms with Crippen molar-refractivity contribution in [3.8, 4) is 11.1 Å². The first-order valence-corrected chi connectivity index (χ1v) is 5.33. The summed E-state index contributed by atoms with van der Waals surface area (Å²) in [4.78, 5) is 3.91. The fourth-order valence-electron chi connectivity index (χ4n) is 1.73. The summed E-state index contributed by atoms with van der Waals surface area (Å²) >= 11 is 0. The second-order valence-corrected chi connectivity index (χ2v) is 3.83. The summed E-state index contributed by atoms with van der Waals surface area (Å²) in [5.41, 5.74) is 6.03. The van der Waals surface area contributed by atoms with Crippen LogP contribution in [0.3, 0.4) is 0 Å². The molecule has 5 heteroatoms. The van der Waals surface area contributed by atoms with Crippen LogP contribution in [0.1, 0.15) is 11.1 Å². The first-order chi connectivity index (χ1) is 8.52. The van der Waals surface area contributed by atoms with Crippen LogP contribution < -0.4 is 5.73 Å². The summed E-state index contributed by atoms with van der Waals surface area (Å²) in [6.07, 6.45) is -1.43. The molecular formula is C13H11F3N2. The van der Waals surface area contributed by atoms with Gasteiger partial charge in [-0.2, -0.15) is 13.2 Å². The van der Waals surface area contributed by atoms with Crippen molar-refractivity contribution in [2.75, 3.05) is 0 Å². The van der Waals surface area contributed by atoms with E-state index in [-0.39, 0.29) is 12.1 Å². The van der Waals surface area contributed by atoms with Gasteiger partial charge in [0.15, 0.2) is 0 Å². The van der Waals surface area contributed by atoms with Gasteiger partial charge in [0.25, 0.3) is 0 Å². The van der Waals surface area contributed by atoms with E-state index >= 15 is 0 Å². The molecule has 2 aromatic rings. The Kier molecular flexibility index (Phi) is 3.34. The van der Waals surface area contributed by atoms with Crippen LogP contribution in [0.2, 0.25) is 0 Å². The molecule has 1 heterocycles. The lowest BCUT2D eigenvalue weighted by molar-refractivity contribution is -0.137. The van der Waals surface area contributed by atoms with E-state index in [4.69, 9.17) is 5.73 Å². The van der Waals surface area contributed by atoms with E-state index in [2.05, 4.69) is 4.98 Å². The summed E-state index contributed by atoms with van der Waals surface area (Å²) in [6, 6.07) is 7.05. The van der Waals surface area contributed by atoms with E-state index in [0.717, 1.165) is 6.07 Å². The number of nitrogens with two attached hydrogens (primary N) is 1. The van der Waals surface area contributed by atoms with Crippen LogP contribution in [0.25, 0.3) is 11.1 Å². The summed E-state index contributed by atoms with van der Waals surface area (Å²) in [5, 5.41) is 0. The number of halogens is 3. The highest BCUT2D eigenvalue weighted by Crippen LogP contribution is 2.36. The van der Waals surface area contributed by atoms with Gasteiger partial charge >= 0.3 is 6.18 Å². The van der Waals surface area contributed by atoms with Gasteiger partial charge in [-0.25, -0.2) is 0 Å². The van der Waals surface area contributed by atoms with E-state index in [0.29, 0.717) is 11.1 Å². The monoisotopic (exact) mass is 252 g/mol. The lowest BCUT2D eigenvalue weighted by atomic mass is 10.00. The summed E-state index contributed by atoms with van der Waals surface area (Å²) in [7, 11) is 0. The molecule has 0 spiro atoms. The smallest absolute Gasteiger partial charge is 0.326 e. The van der Waals surface area contributed by atoms with Gasteiger partial charge in [-0.3, -0.25) is 4.98 Å². The minimum absolute atomic E-state index is 0.118. The molecule has 0 fully saturated rings. The van der Waals surface area contributed by atoms with E-state index in [9.17, 15) is 13.2 Å². The Hall–Kier alpha value is -1.88. The number of pyridine rings is 1. The quantitative estimate of drug-likeness (QED) is 0.891. The molecule has 1 aromatic carbocycles. The van der Waals surface area contributed by atoms with Crippen LogP contribution in [0.4, 0.5) is 13.2 Å². The van der Waals surface area contributed by atoms with Crippen molar-refractivity contribution in [2.45, 2.75) is 12.7 Å². The Morgan fingerprint density at radius 1 is 1.11 bits per heavy atom. The maximum Gasteiger partial charge on any atom is 0.417 e. The number of benzene rings is 1. The highest BCUT2D eigenvalue weighted by Gasteiger charge is 2.33. The van der Waals surface area contributed by atoms with Gasteiger partial charge in [0.1, 0.15) is 0 Å². The molecule has 2 nitrogen and oxygen atoms in total. The summed E-state index contributed by atoms with van der Waals surface area (Å²) in [5.74, 6) is 0. The first kappa shape index (κ1) is 12.6. The van der Waals surface area contributed by atoms with Crippen LogP contribution in [0, 0.1) is 0 Å². The molecule has 94 valence electrons. The summed E-state index contributed by atoms with van der Waals surface area (Å²) in [6.45, 7) is 0.245. The minimum atomic E-state index is -4.38. The lowest BCUT2D eigenvalue weighted by Gasteiger charge is -2.12. The fraction of sp³-hybridized carbons (Fsp3) is 0.154. The van der Waals surface area contributed by atoms with Crippen molar-refractivity contribution in [1.29, 1.82) is 0 Å². The number of nitrogens with zero attached hydrogens (tertiary/aromatic N) is 1. The topological polar surface area (TPSA) is 38.9 Å². The van der Waals surface area contributed by atoms with Crippen molar-refractivity contribution in [1.82, 2.24) is 4.98 Å². The standard InChI is InChI=1S/C13H11F3N2/c14-13(15,16)12-4-2-1-3-11(12)10-5-9(6-17)7-18-8-10/h1-5,7-8H,6,17H2. The number of hydrogen-bond acceptors (Lipinski definition) is 2. The van der Waals surface area contributed by atoms with Gasteiger partial charge in [0, 0.05) is 24.5 Å². The van der Waals surface area contributed by atoms with Gasteiger partial charge in [-0.05, 0) is 23.3 Å². The molecule has 0 aliphatic carbocycles. The maximum atomic E-state index is 12.9. The zero-order valence-corrected chi connectivity index (χ0v) is 9.41. The SMILES string of the molecule is NCc1cncc(-c2ccccc2C(F)(F)F)c1. The van der Waals surface area contributed by atoms with E-state index in [1.165, 1.54) is 18.3 Å². The zero-order valence-electron chi connectivity index (χ0n) is 9.41. The zero-order chi connectivity index (χ0) is 13.2. The highest BCUT2D eigenvalue weighted by molar-refractivity contribution is 5.67. The molecule has 0 bridgehead atoms. The van der Waals surface area contributed by atoms with Crippen LogP contribution in [0.5, 0.6) is 0 Å². The number of alkyl halides is 3. The fourth-order valence-corrected chi connectivity index (χ4v) is 1.73. The first-order valence-electron chi connectivity index (χ1n) is 5.33. The van der Waals surface area contributed by atoms with Gasteiger partial charge < -0.3 is 5.73 Å². The van der Waals surface area contributed by atoms with Gasteiger partial charge in [0.05, 0.1) is 5.56 Å². The third kappa shape index (κ3) is 2.51.